The first-order chi connectivity index (χ1) is 16.3. The maximum Gasteiger partial charge on any atom is 0.407 e. The molecular formula is C27H37N5O2. The number of likely N-dealkylation sites (tertiary alicyclic amines) is 1. The van der Waals surface area contributed by atoms with E-state index < -0.39 is 5.60 Å². The number of fused-ring (bicyclic) bond motifs is 1. The average Bonchev–Trinajstić information content (AvgIpc) is 3.11. The molecule has 1 aliphatic heterocycles. The number of nitrogens with one attached hydrogen (secondary N) is 1. The van der Waals surface area contributed by atoms with Gasteiger partial charge in [0.2, 0.25) is 0 Å². The molecule has 2 aromatic heterocycles. The molecule has 0 aliphatic carbocycles. The number of nitrogens with zero attached hydrogens (tertiary/aromatic N) is 4. The lowest BCUT2D eigenvalue weighted by Crippen LogP contribution is -2.34. The SMILES string of the molecule is Cc1nn2c(C3CCCN(Cc4ccccc4)C3)ccnc2c1CCCNC(=O)OC(C)(C)C. The van der Waals surface area contributed by atoms with Crippen molar-refractivity contribution in [2.75, 3.05) is 19.6 Å². The Morgan fingerprint density at radius 3 is 2.76 bits per heavy atom. The molecular weight excluding hydrogens is 426 g/mol. The third kappa shape index (κ3) is 6.14. The fraction of sp³-hybridized carbons (Fsp3) is 0.519. The van der Waals surface area contributed by atoms with Crippen molar-refractivity contribution in [3.05, 3.63) is 65.1 Å². The summed E-state index contributed by atoms with van der Waals surface area (Å²) in [7, 11) is 0. The number of piperidine rings is 1. The van der Waals surface area contributed by atoms with Crippen molar-refractivity contribution in [2.45, 2.75) is 71.4 Å². The normalized spacial score (nSPS) is 17.1. The lowest BCUT2D eigenvalue weighted by molar-refractivity contribution is 0.0527. The molecule has 4 rings (SSSR count). The zero-order valence-corrected chi connectivity index (χ0v) is 20.9. The standard InChI is InChI=1S/C27H37N5O2/c1-20-23(13-8-15-29-26(33)34-27(2,3)4)25-28-16-14-24(32(25)30-20)22-12-9-17-31(19-22)18-21-10-6-5-7-11-21/h5-7,10-11,14,16,22H,8-9,12-13,15,17-19H2,1-4H3,(H,29,33). The monoisotopic (exact) mass is 463 g/mol. The van der Waals surface area contributed by atoms with Gasteiger partial charge in [-0.05, 0) is 71.6 Å². The second kappa shape index (κ2) is 10.6. The number of carbonyl (C=O) groups is 1. The van der Waals surface area contributed by atoms with Gasteiger partial charge in [0.05, 0.1) is 11.4 Å². The van der Waals surface area contributed by atoms with Crippen molar-refractivity contribution >= 4 is 11.7 Å². The largest absolute Gasteiger partial charge is 0.444 e. The van der Waals surface area contributed by atoms with Gasteiger partial charge in [0.1, 0.15) is 5.60 Å². The third-order valence-corrected chi connectivity index (χ3v) is 6.29. The number of carbonyl (C=O) groups excluding carboxylic acids is 1. The van der Waals surface area contributed by atoms with Crippen LogP contribution in [0.2, 0.25) is 0 Å². The second-order valence-electron chi connectivity index (χ2n) is 10.3. The van der Waals surface area contributed by atoms with E-state index in [1.54, 1.807) is 0 Å². The first kappa shape index (κ1) is 24.2. The van der Waals surface area contributed by atoms with Gasteiger partial charge in [0.25, 0.3) is 0 Å². The van der Waals surface area contributed by atoms with Crippen LogP contribution in [-0.2, 0) is 17.7 Å². The number of alkyl carbamates (subject to hydrolysis) is 1. The number of hydrogen-bond acceptors (Lipinski definition) is 5. The van der Waals surface area contributed by atoms with Gasteiger partial charge >= 0.3 is 6.09 Å². The molecule has 7 nitrogen and oxygen atoms in total. The maximum atomic E-state index is 11.9. The molecule has 0 saturated carbocycles. The van der Waals surface area contributed by atoms with Gasteiger partial charge in [-0.25, -0.2) is 14.3 Å². The van der Waals surface area contributed by atoms with Gasteiger partial charge in [0, 0.05) is 37.3 Å². The Morgan fingerprint density at radius 2 is 2.00 bits per heavy atom. The number of aryl methyl sites for hydroxylation is 2. The number of aromatic nitrogens is 3. The second-order valence-corrected chi connectivity index (χ2v) is 10.3. The highest BCUT2D eigenvalue weighted by molar-refractivity contribution is 5.67. The lowest BCUT2D eigenvalue weighted by atomic mass is 9.94. The topological polar surface area (TPSA) is 71.8 Å². The minimum Gasteiger partial charge on any atom is -0.444 e. The van der Waals surface area contributed by atoms with E-state index in [2.05, 4.69) is 63.0 Å². The van der Waals surface area contributed by atoms with Gasteiger partial charge in [0.15, 0.2) is 5.65 Å². The fourth-order valence-corrected chi connectivity index (χ4v) is 4.77. The summed E-state index contributed by atoms with van der Waals surface area (Å²) in [5.74, 6) is 0.434. The predicted molar refractivity (Wildman–Crippen MR) is 134 cm³/mol. The highest BCUT2D eigenvalue weighted by Gasteiger charge is 2.25. The number of amides is 1. The van der Waals surface area contributed by atoms with Crippen LogP contribution < -0.4 is 5.32 Å². The van der Waals surface area contributed by atoms with E-state index in [0.29, 0.717) is 12.5 Å². The summed E-state index contributed by atoms with van der Waals surface area (Å²) in [4.78, 5) is 19.1. The first-order valence-electron chi connectivity index (χ1n) is 12.4. The Morgan fingerprint density at radius 1 is 1.21 bits per heavy atom. The molecule has 1 aromatic carbocycles. The predicted octanol–water partition coefficient (Wildman–Crippen LogP) is 4.87. The molecule has 1 saturated heterocycles. The van der Waals surface area contributed by atoms with Crippen LogP contribution in [0.3, 0.4) is 0 Å². The van der Waals surface area contributed by atoms with Crippen LogP contribution in [-0.4, -0.2) is 50.8 Å². The summed E-state index contributed by atoms with van der Waals surface area (Å²) in [6.07, 6.45) is 5.52. The molecule has 0 radical (unpaired) electrons. The molecule has 1 unspecified atom stereocenters. The smallest absolute Gasteiger partial charge is 0.407 e. The number of rotatable bonds is 7. The molecule has 0 spiro atoms. The van der Waals surface area contributed by atoms with E-state index in [4.69, 9.17) is 9.84 Å². The first-order valence-corrected chi connectivity index (χ1v) is 12.4. The van der Waals surface area contributed by atoms with Gasteiger partial charge in [-0.1, -0.05) is 30.3 Å². The van der Waals surface area contributed by atoms with Crippen molar-refractivity contribution in [1.29, 1.82) is 0 Å². The van der Waals surface area contributed by atoms with Crippen LogP contribution in [0.4, 0.5) is 4.79 Å². The van der Waals surface area contributed by atoms with E-state index >= 15 is 0 Å². The van der Waals surface area contributed by atoms with Crippen molar-refractivity contribution in [3.8, 4) is 0 Å². The maximum absolute atomic E-state index is 11.9. The molecule has 1 aliphatic rings. The summed E-state index contributed by atoms with van der Waals surface area (Å²) >= 11 is 0. The molecule has 34 heavy (non-hydrogen) atoms. The molecule has 1 fully saturated rings. The minimum atomic E-state index is -0.487. The number of benzene rings is 1. The molecule has 182 valence electrons. The fourth-order valence-electron chi connectivity index (χ4n) is 4.77. The van der Waals surface area contributed by atoms with Crippen molar-refractivity contribution in [1.82, 2.24) is 24.8 Å². The van der Waals surface area contributed by atoms with E-state index in [0.717, 1.165) is 49.4 Å². The summed E-state index contributed by atoms with van der Waals surface area (Å²) in [5, 5.41) is 7.73. The minimum absolute atomic E-state index is 0.373. The van der Waals surface area contributed by atoms with Crippen LogP contribution in [0.1, 0.15) is 68.5 Å². The molecule has 3 aromatic rings. The van der Waals surface area contributed by atoms with Crippen LogP contribution >= 0.6 is 0 Å². The molecule has 1 N–H and O–H groups in total. The summed E-state index contributed by atoms with van der Waals surface area (Å²) in [6, 6.07) is 12.8. The Labute approximate surface area is 202 Å². The van der Waals surface area contributed by atoms with E-state index in [1.807, 2.05) is 27.0 Å². The zero-order valence-electron chi connectivity index (χ0n) is 20.9. The number of ether oxygens (including phenoxy) is 1. The molecule has 0 bridgehead atoms. The van der Waals surface area contributed by atoms with Crippen molar-refractivity contribution < 1.29 is 9.53 Å². The summed E-state index contributed by atoms with van der Waals surface area (Å²) in [6.45, 7) is 11.4. The highest BCUT2D eigenvalue weighted by Crippen LogP contribution is 2.29. The van der Waals surface area contributed by atoms with Crippen LogP contribution in [0.15, 0.2) is 42.6 Å². The van der Waals surface area contributed by atoms with Crippen molar-refractivity contribution in [2.24, 2.45) is 0 Å². The average molecular weight is 464 g/mol. The van der Waals surface area contributed by atoms with Crippen LogP contribution in [0.25, 0.3) is 5.65 Å². The molecule has 1 atom stereocenters. The van der Waals surface area contributed by atoms with Gasteiger partial charge in [-0.15, -0.1) is 0 Å². The van der Waals surface area contributed by atoms with Crippen molar-refractivity contribution in [3.63, 3.8) is 0 Å². The van der Waals surface area contributed by atoms with Gasteiger partial charge in [-0.3, -0.25) is 4.90 Å². The highest BCUT2D eigenvalue weighted by atomic mass is 16.6. The Kier molecular flexibility index (Phi) is 7.51. The summed E-state index contributed by atoms with van der Waals surface area (Å²) in [5.41, 5.74) is 5.22. The van der Waals surface area contributed by atoms with E-state index in [9.17, 15) is 4.79 Å². The lowest BCUT2D eigenvalue weighted by Gasteiger charge is -2.33. The summed E-state index contributed by atoms with van der Waals surface area (Å²) < 4.78 is 7.37. The number of hydrogen-bond donors (Lipinski definition) is 1. The van der Waals surface area contributed by atoms with E-state index in [1.165, 1.54) is 24.1 Å². The third-order valence-electron chi connectivity index (χ3n) is 6.29. The molecule has 3 heterocycles. The van der Waals surface area contributed by atoms with Crippen LogP contribution in [0, 0.1) is 6.92 Å². The Bertz CT molecular complexity index is 1100. The molecule has 1 amide bonds. The van der Waals surface area contributed by atoms with Gasteiger partial charge in [-0.2, -0.15) is 5.10 Å². The quantitative estimate of drug-likeness (QED) is 0.506. The zero-order chi connectivity index (χ0) is 24.1. The molecule has 7 heteroatoms. The van der Waals surface area contributed by atoms with Crippen LogP contribution in [0.5, 0.6) is 0 Å². The Balaban J connectivity index is 1.42. The van der Waals surface area contributed by atoms with Gasteiger partial charge < -0.3 is 10.1 Å². The Hall–Kier alpha value is -2.93. The van der Waals surface area contributed by atoms with E-state index in [-0.39, 0.29) is 6.09 Å².